The van der Waals surface area contributed by atoms with Crippen LogP contribution in [0.4, 0.5) is 4.39 Å². The maximum Gasteiger partial charge on any atom is 0.343 e. The van der Waals surface area contributed by atoms with Crippen molar-refractivity contribution in [3.8, 4) is 5.69 Å². The number of carbonyl (C=O) groups excluding carboxylic acids is 2. The summed E-state index contributed by atoms with van der Waals surface area (Å²) in [6.07, 6.45) is 0.993. The molecule has 32 heavy (non-hydrogen) atoms. The third-order valence-electron chi connectivity index (χ3n) is 5.56. The normalized spacial score (nSPS) is 18.3. The van der Waals surface area contributed by atoms with Crippen LogP contribution in [-0.4, -0.2) is 65.2 Å². The van der Waals surface area contributed by atoms with E-state index in [2.05, 4.69) is 5.10 Å². The largest absolute Gasteiger partial charge is 0.452 e. The number of esters is 1. The van der Waals surface area contributed by atoms with E-state index in [4.69, 9.17) is 16.3 Å². The van der Waals surface area contributed by atoms with Gasteiger partial charge in [-0.05, 0) is 51.0 Å². The number of rotatable bonds is 7. The Labute approximate surface area is 191 Å². The lowest BCUT2D eigenvalue weighted by Crippen LogP contribution is -2.48. The summed E-state index contributed by atoms with van der Waals surface area (Å²) in [5.74, 6) is -1.76. The minimum atomic E-state index is -3.18. The zero-order valence-electron chi connectivity index (χ0n) is 18.0. The van der Waals surface area contributed by atoms with E-state index in [0.29, 0.717) is 18.5 Å². The number of halogens is 2. The third kappa shape index (κ3) is 5.12. The summed E-state index contributed by atoms with van der Waals surface area (Å²) in [7, 11) is -3.18. The highest BCUT2D eigenvalue weighted by Crippen LogP contribution is 2.25. The van der Waals surface area contributed by atoms with Gasteiger partial charge in [0.15, 0.2) is 16.4 Å². The van der Waals surface area contributed by atoms with E-state index >= 15 is 0 Å². The first-order valence-corrected chi connectivity index (χ1v) is 12.4. The molecular weight excluding hydrogens is 461 g/mol. The molecule has 1 fully saturated rings. The summed E-state index contributed by atoms with van der Waals surface area (Å²) in [4.78, 5) is 27.1. The van der Waals surface area contributed by atoms with Crippen LogP contribution in [0, 0.1) is 12.7 Å². The van der Waals surface area contributed by atoms with E-state index < -0.39 is 40.2 Å². The van der Waals surface area contributed by atoms with Crippen molar-refractivity contribution in [1.29, 1.82) is 0 Å². The Balaban J connectivity index is 1.74. The lowest BCUT2D eigenvalue weighted by atomic mass is 10.1. The molecule has 174 valence electrons. The molecule has 0 N–H and O–H groups in total. The number of sulfone groups is 1. The zero-order valence-corrected chi connectivity index (χ0v) is 19.6. The second kappa shape index (κ2) is 9.58. The summed E-state index contributed by atoms with van der Waals surface area (Å²) in [6.45, 7) is 4.75. The van der Waals surface area contributed by atoms with Crippen LogP contribution in [-0.2, 0) is 19.4 Å². The Kier molecular flexibility index (Phi) is 7.24. The average Bonchev–Trinajstić information content (AvgIpc) is 3.24. The van der Waals surface area contributed by atoms with Crippen molar-refractivity contribution in [2.45, 2.75) is 45.7 Å². The van der Waals surface area contributed by atoms with Gasteiger partial charge in [-0.2, -0.15) is 5.10 Å². The number of aryl methyl sites for hydroxylation is 1. The monoisotopic (exact) mass is 485 g/mol. The number of hydrogen-bond donors (Lipinski definition) is 0. The Morgan fingerprint density at radius 3 is 2.56 bits per heavy atom. The summed E-state index contributed by atoms with van der Waals surface area (Å²) >= 11 is 6.33. The molecule has 1 aromatic heterocycles. The van der Waals surface area contributed by atoms with Gasteiger partial charge in [0.2, 0.25) is 0 Å². The molecule has 2 aromatic rings. The van der Waals surface area contributed by atoms with Crippen LogP contribution < -0.4 is 0 Å². The first kappa shape index (κ1) is 24.2. The second-order valence-corrected chi connectivity index (χ2v) is 10.4. The molecular formula is C21H25ClFN3O5S. The highest BCUT2D eigenvalue weighted by atomic mass is 35.5. The van der Waals surface area contributed by atoms with E-state index in [1.54, 1.807) is 6.92 Å². The Hall–Kier alpha value is -2.46. The van der Waals surface area contributed by atoms with Gasteiger partial charge in [-0.25, -0.2) is 22.3 Å². The molecule has 0 bridgehead atoms. The lowest BCUT2D eigenvalue weighted by molar-refractivity contribution is -0.138. The average molecular weight is 486 g/mol. The molecule has 0 spiro atoms. The predicted molar refractivity (Wildman–Crippen MR) is 117 cm³/mol. The number of ether oxygens (including phenoxy) is 1. The van der Waals surface area contributed by atoms with Gasteiger partial charge in [0.05, 0.1) is 22.9 Å². The van der Waals surface area contributed by atoms with Crippen LogP contribution in [0.3, 0.4) is 0 Å². The van der Waals surface area contributed by atoms with Gasteiger partial charge < -0.3 is 9.64 Å². The van der Waals surface area contributed by atoms with Crippen LogP contribution in [0.1, 0.15) is 42.7 Å². The quantitative estimate of drug-likeness (QED) is 0.559. The zero-order chi connectivity index (χ0) is 23.6. The summed E-state index contributed by atoms with van der Waals surface area (Å²) in [5, 5.41) is 4.19. The van der Waals surface area contributed by atoms with Gasteiger partial charge in [0, 0.05) is 12.1 Å². The number of carbonyl (C=O) groups is 2. The van der Waals surface area contributed by atoms with Gasteiger partial charge in [-0.1, -0.05) is 18.5 Å². The van der Waals surface area contributed by atoms with Gasteiger partial charge in [-0.3, -0.25) is 4.79 Å². The molecule has 1 aliphatic heterocycles. The molecule has 0 saturated carbocycles. The number of benzene rings is 1. The first-order chi connectivity index (χ1) is 15.0. The topological polar surface area (TPSA) is 98.6 Å². The van der Waals surface area contributed by atoms with E-state index in [0.717, 1.165) is 0 Å². The number of aromatic nitrogens is 2. The van der Waals surface area contributed by atoms with Crippen molar-refractivity contribution in [2.75, 3.05) is 18.1 Å². The Morgan fingerprint density at radius 1 is 1.34 bits per heavy atom. The molecule has 1 aliphatic rings. The minimum Gasteiger partial charge on any atom is -0.452 e. The third-order valence-corrected chi connectivity index (χ3v) is 7.66. The predicted octanol–water partition coefficient (Wildman–Crippen LogP) is 2.94. The molecule has 0 radical (unpaired) electrons. The maximum atomic E-state index is 13.2. The smallest absolute Gasteiger partial charge is 0.343 e. The molecule has 0 aliphatic carbocycles. The highest BCUT2D eigenvalue weighted by molar-refractivity contribution is 7.91. The minimum absolute atomic E-state index is 0.00215. The van der Waals surface area contributed by atoms with E-state index in [1.165, 1.54) is 33.8 Å². The summed E-state index contributed by atoms with van der Waals surface area (Å²) < 4.78 is 43.4. The molecule has 2 atom stereocenters. The number of amides is 1. The lowest BCUT2D eigenvalue weighted by Gasteiger charge is -2.33. The van der Waals surface area contributed by atoms with Crippen molar-refractivity contribution >= 4 is 33.3 Å². The van der Waals surface area contributed by atoms with E-state index in [-0.39, 0.29) is 34.0 Å². The van der Waals surface area contributed by atoms with Crippen LogP contribution >= 0.6 is 11.6 Å². The van der Waals surface area contributed by atoms with Crippen LogP contribution in [0.2, 0.25) is 5.15 Å². The summed E-state index contributed by atoms with van der Waals surface area (Å²) in [5.41, 5.74) is 0.750. The molecule has 1 saturated heterocycles. The van der Waals surface area contributed by atoms with Gasteiger partial charge in [-0.15, -0.1) is 0 Å². The Morgan fingerprint density at radius 2 is 2.00 bits per heavy atom. The van der Waals surface area contributed by atoms with Crippen molar-refractivity contribution in [2.24, 2.45) is 0 Å². The van der Waals surface area contributed by atoms with E-state index in [9.17, 15) is 22.4 Å². The van der Waals surface area contributed by atoms with E-state index in [1.807, 2.05) is 13.8 Å². The fourth-order valence-electron chi connectivity index (χ4n) is 3.76. The molecule has 11 heteroatoms. The second-order valence-electron chi connectivity index (χ2n) is 7.83. The van der Waals surface area contributed by atoms with Crippen LogP contribution in [0.5, 0.6) is 0 Å². The molecule has 1 amide bonds. The highest BCUT2D eigenvalue weighted by Gasteiger charge is 2.37. The SMILES string of the molecule is CCC(C)N(C(=O)COC(=O)c1c(C)nn(-c2ccc(F)cc2)c1Cl)C1CCS(=O)(=O)C1. The number of hydrogen-bond acceptors (Lipinski definition) is 6. The Bertz CT molecular complexity index is 1120. The molecule has 8 nitrogen and oxygen atoms in total. The molecule has 3 rings (SSSR count). The van der Waals surface area contributed by atoms with Crippen molar-refractivity contribution in [3.05, 3.63) is 46.5 Å². The van der Waals surface area contributed by atoms with Crippen molar-refractivity contribution < 1.29 is 27.1 Å². The summed E-state index contributed by atoms with van der Waals surface area (Å²) in [6, 6.07) is 4.77. The maximum absolute atomic E-state index is 13.2. The van der Waals surface area contributed by atoms with Crippen molar-refractivity contribution in [3.63, 3.8) is 0 Å². The molecule has 2 unspecified atom stereocenters. The van der Waals surface area contributed by atoms with Crippen molar-refractivity contribution in [1.82, 2.24) is 14.7 Å². The van der Waals surface area contributed by atoms with Crippen LogP contribution in [0.25, 0.3) is 5.69 Å². The van der Waals surface area contributed by atoms with Gasteiger partial charge in [0.25, 0.3) is 5.91 Å². The van der Waals surface area contributed by atoms with Crippen LogP contribution in [0.15, 0.2) is 24.3 Å². The van der Waals surface area contributed by atoms with Gasteiger partial charge in [0.1, 0.15) is 16.5 Å². The fraction of sp³-hybridized carbons (Fsp3) is 0.476. The fourth-order valence-corrected chi connectivity index (χ4v) is 5.82. The number of nitrogens with zero attached hydrogens (tertiary/aromatic N) is 3. The molecule has 1 aromatic carbocycles. The standard InChI is InChI=1S/C21H25ClFN3O5S/c1-4-13(2)25(17-9-10-32(29,30)12-17)18(27)11-31-21(28)19-14(3)24-26(20(19)22)16-7-5-15(23)6-8-16/h5-8,13,17H,4,9-12H2,1-3H3. The first-order valence-electron chi connectivity index (χ1n) is 10.2. The molecule has 2 heterocycles. The van der Waals surface area contributed by atoms with Gasteiger partial charge >= 0.3 is 5.97 Å².